The van der Waals surface area contributed by atoms with E-state index >= 15 is 4.39 Å². The summed E-state index contributed by atoms with van der Waals surface area (Å²) in [5.41, 5.74) is 4.10. The number of ketones is 1. The van der Waals surface area contributed by atoms with Crippen LogP contribution in [0, 0.1) is 5.82 Å². The third-order valence-corrected chi connectivity index (χ3v) is 6.48. The SMILES string of the molecule is CC1=C(C(=O)Nc2cccnc2)C(c2ccccc2F)C2=C(CC(c3ccccc3)CC2=O)N1. The first-order chi connectivity index (χ1) is 16.5. The molecule has 0 fully saturated rings. The quantitative estimate of drug-likeness (QED) is 0.568. The van der Waals surface area contributed by atoms with Crippen LogP contribution in [-0.2, 0) is 9.59 Å². The Morgan fingerprint density at radius 3 is 2.53 bits per heavy atom. The van der Waals surface area contributed by atoms with Crippen molar-refractivity contribution in [3.05, 3.63) is 119 Å². The number of dihydropyridines is 1. The average Bonchev–Trinajstić information content (AvgIpc) is 2.84. The van der Waals surface area contributed by atoms with E-state index in [1.165, 1.54) is 6.07 Å². The van der Waals surface area contributed by atoms with Crippen LogP contribution in [-0.4, -0.2) is 16.7 Å². The number of aromatic nitrogens is 1. The third kappa shape index (κ3) is 4.03. The molecule has 5 rings (SSSR count). The minimum Gasteiger partial charge on any atom is -0.362 e. The van der Waals surface area contributed by atoms with Crippen molar-refractivity contribution in [2.45, 2.75) is 31.6 Å². The molecule has 2 atom stereocenters. The van der Waals surface area contributed by atoms with Gasteiger partial charge in [-0.15, -0.1) is 0 Å². The fraction of sp³-hybridized carbons (Fsp3) is 0.179. The summed E-state index contributed by atoms with van der Waals surface area (Å²) in [7, 11) is 0. The van der Waals surface area contributed by atoms with Gasteiger partial charge in [-0.3, -0.25) is 14.6 Å². The van der Waals surface area contributed by atoms with E-state index < -0.39 is 17.6 Å². The Labute approximate surface area is 197 Å². The van der Waals surface area contributed by atoms with Crippen LogP contribution in [0.15, 0.2) is 102 Å². The van der Waals surface area contributed by atoms with Crippen molar-refractivity contribution in [3.63, 3.8) is 0 Å². The molecule has 2 aromatic carbocycles. The molecule has 5 nitrogen and oxygen atoms in total. The van der Waals surface area contributed by atoms with Gasteiger partial charge in [0.05, 0.1) is 11.9 Å². The van der Waals surface area contributed by atoms with E-state index in [2.05, 4.69) is 15.6 Å². The fourth-order valence-electron chi connectivity index (χ4n) is 4.96. The Morgan fingerprint density at radius 1 is 1.03 bits per heavy atom. The van der Waals surface area contributed by atoms with Gasteiger partial charge in [0, 0.05) is 46.6 Å². The maximum atomic E-state index is 15.1. The van der Waals surface area contributed by atoms with Crippen LogP contribution in [0.4, 0.5) is 10.1 Å². The number of carbonyl (C=O) groups is 2. The minimum atomic E-state index is -0.793. The van der Waals surface area contributed by atoms with Gasteiger partial charge in [0.1, 0.15) is 5.82 Å². The highest BCUT2D eigenvalue weighted by molar-refractivity contribution is 6.09. The van der Waals surface area contributed by atoms with Gasteiger partial charge in [0.15, 0.2) is 5.78 Å². The monoisotopic (exact) mass is 453 g/mol. The molecule has 34 heavy (non-hydrogen) atoms. The van der Waals surface area contributed by atoms with Crippen LogP contribution < -0.4 is 10.6 Å². The van der Waals surface area contributed by atoms with Crippen LogP contribution in [0.25, 0.3) is 0 Å². The van der Waals surface area contributed by atoms with E-state index in [0.717, 1.165) is 11.3 Å². The number of anilines is 1. The molecule has 1 amide bonds. The average molecular weight is 454 g/mol. The summed E-state index contributed by atoms with van der Waals surface area (Å²) in [6.45, 7) is 1.80. The maximum absolute atomic E-state index is 15.1. The first-order valence-corrected chi connectivity index (χ1v) is 11.3. The standard InChI is InChI=1S/C28H24FN3O2/c1-17-25(28(34)32-20-10-7-13-30-16-20)26(21-11-5-6-12-22(21)29)27-23(31-17)14-19(15-24(27)33)18-8-3-2-4-9-18/h2-13,16,19,26,31H,14-15H2,1H3,(H,32,34). The molecule has 0 spiro atoms. The lowest BCUT2D eigenvalue weighted by atomic mass is 9.71. The number of benzene rings is 2. The molecule has 0 bridgehead atoms. The molecule has 1 aliphatic carbocycles. The summed E-state index contributed by atoms with van der Waals surface area (Å²) < 4.78 is 15.1. The number of hydrogen-bond donors (Lipinski definition) is 2. The lowest BCUT2D eigenvalue weighted by Crippen LogP contribution is -2.37. The molecule has 170 valence electrons. The van der Waals surface area contributed by atoms with E-state index in [0.29, 0.717) is 40.9 Å². The zero-order chi connectivity index (χ0) is 23.7. The fourth-order valence-corrected chi connectivity index (χ4v) is 4.96. The number of hydrogen-bond acceptors (Lipinski definition) is 4. The second-order valence-corrected chi connectivity index (χ2v) is 8.65. The normalized spacial score (nSPS) is 20.0. The first kappa shape index (κ1) is 21.8. The number of halogens is 1. The number of nitrogens with one attached hydrogen (secondary N) is 2. The van der Waals surface area contributed by atoms with Crippen molar-refractivity contribution in [2.75, 3.05) is 5.32 Å². The van der Waals surface area contributed by atoms with Crippen LogP contribution >= 0.6 is 0 Å². The van der Waals surface area contributed by atoms with Crippen LogP contribution in [0.1, 0.15) is 42.7 Å². The topological polar surface area (TPSA) is 71.1 Å². The van der Waals surface area contributed by atoms with Crippen molar-refractivity contribution in [2.24, 2.45) is 0 Å². The van der Waals surface area contributed by atoms with Gasteiger partial charge in [-0.25, -0.2) is 4.39 Å². The molecule has 0 saturated carbocycles. The van der Waals surface area contributed by atoms with E-state index in [1.807, 2.05) is 30.3 Å². The van der Waals surface area contributed by atoms with Crippen LogP contribution in [0.3, 0.4) is 0 Å². The van der Waals surface area contributed by atoms with Gasteiger partial charge in [0.25, 0.3) is 5.91 Å². The first-order valence-electron chi connectivity index (χ1n) is 11.3. The molecule has 6 heteroatoms. The van der Waals surface area contributed by atoms with Crippen molar-refractivity contribution in [1.82, 2.24) is 10.3 Å². The van der Waals surface area contributed by atoms with Gasteiger partial charge >= 0.3 is 0 Å². The van der Waals surface area contributed by atoms with Gasteiger partial charge in [-0.05, 0) is 43.0 Å². The Bertz CT molecular complexity index is 1320. The highest BCUT2D eigenvalue weighted by Crippen LogP contribution is 2.46. The van der Waals surface area contributed by atoms with Gasteiger partial charge < -0.3 is 10.6 Å². The number of Topliss-reactive ketones (excluding diaryl/α,β-unsaturated/α-hetero) is 1. The van der Waals surface area contributed by atoms with Crippen LogP contribution in [0.5, 0.6) is 0 Å². The molecule has 2 N–H and O–H groups in total. The van der Waals surface area contributed by atoms with Crippen LogP contribution in [0.2, 0.25) is 0 Å². The molecular formula is C28H24FN3O2. The maximum Gasteiger partial charge on any atom is 0.254 e. The summed E-state index contributed by atoms with van der Waals surface area (Å²) in [6.07, 6.45) is 4.09. The Morgan fingerprint density at radius 2 is 1.79 bits per heavy atom. The second-order valence-electron chi connectivity index (χ2n) is 8.65. The number of amides is 1. The van der Waals surface area contributed by atoms with E-state index in [1.54, 1.807) is 49.6 Å². The zero-order valence-electron chi connectivity index (χ0n) is 18.7. The Kier molecular flexibility index (Phi) is 5.80. The van der Waals surface area contributed by atoms with Gasteiger partial charge in [0.2, 0.25) is 0 Å². The zero-order valence-corrected chi connectivity index (χ0v) is 18.7. The molecular weight excluding hydrogens is 429 g/mol. The Balaban J connectivity index is 1.58. The van der Waals surface area contributed by atoms with Gasteiger partial charge in [-0.1, -0.05) is 48.5 Å². The number of rotatable bonds is 4. The number of nitrogens with zero attached hydrogens (tertiary/aromatic N) is 1. The third-order valence-electron chi connectivity index (χ3n) is 6.48. The van der Waals surface area contributed by atoms with Crippen molar-refractivity contribution >= 4 is 17.4 Å². The molecule has 2 aliphatic rings. The summed E-state index contributed by atoms with van der Waals surface area (Å²) in [5.74, 6) is -1.68. The molecule has 2 unspecified atom stereocenters. The summed E-state index contributed by atoms with van der Waals surface area (Å²) >= 11 is 0. The summed E-state index contributed by atoms with van der Waals surface area (Å²) in [4.78, 5) is 31.0. The van der Waals surface area contributed by atoms with Crippen molar-refractivity contribution < 1.29 is 14.0 Å². The minimum absolute atomic E-state index is 0.0276. The molecule has 0 radical (unpaired) electrons. The number of allylic oxidation sites excluding steroid dienone is 3. The summed E-state index contributed by atoms with van der Waals surface area (Å²) in [6, 6.07) is 19.7. The highest BCUT2D eigenvalue weighted by atomic mass is 19.1. The molecule has 2 heterocycles. The highest BCUT2D eigenvalue weighted by Gasteiger charge is 2.41. The molecule has 0 saturated heterocycles. The predicted octanol–water partition coefficient (Wildman–Crippen LogP) is 5.22. The van der Waals surface area contributed by atoms with E-state index in [-0.39, 0.29) is 11.7 Å². The lowest BCUT2D eigenvalue weighted by Gasteiger charge is -2.37. The summed E-state index contributed by atoms with van der Waals surface area (Å²) in [5, 5.41) is 6.17. The van der Waals surface area contributed by atoms with Gasteiger partial charge in [-0.2, -0.15) is 0 Å². The number of pyridine rings is 1. The largest absolute Gasteiger partial charge is 0.362 e. The number of carbonyl (C=O) groups excluding carboxylic acids is 2. The van der Waals surface area contributed by atoms with Crippen molar-refractivity contribution in [3.8, 4) is 0 Å². The van der Waals surface area contributed by atoms with E-state index in [4.69, 9.17) is 0 Å². The second kappa shape index (κ2) is 9.06. The molecule has 1 aromatic heterocycles. The Hall–Kier alpha value is -4.06. The van der Waals surface area contributed by atoms with Crippen molar-refractivity contribution in [1.29, 1.82) is 0 Å². The lowest BCUT2D eigenvalue weighted by molar-refractivity contribution is -0.116. The smallest absolute Gasteiger partial charge is 0.254 e. The van der Waals surface area contributed by atoms with E-state index in [9.17, 15) is 9.59 Å². The predicted molar refractivity (Wildman–Crippen MR) is 128 cm³/mol. The molecule has 3 aromatic rings. The molecule has 1 aliphatic heterocycles.